The standard InChI is InChI=1S/C22H26N2O3/c1-2-3-13-26-22(25)23-12-11-18-15-24-21-14-19(9-10-20(18)21)27-16-17-7-5-4-6-8-17/h4-10,14-15,24H,2-3,11-13,16H2,1H3,(H,23,25). The van der Waals surface area contributed by atoms with Gasteiger partial charge in [0.25, 0.3) is 0 Å². The minimum absolute atomic E-state index is 0.347. The van der Waals surface area contributed by atoms with Gasteiger partial charge >= 0.3 is 6.09 Å². The zero-order valence-electron chi connectivity index (χ0n) is 15.7. The highest BCUT2D eigenvalue weighted by Gasteiger charge is 2.07. The fraction of sp³-hybridized carbons (Fsp3) is 0.318. The molecule has 0 spiro atoms. The number of nitrogens with one attached hydrogen (secondary N) is 2. The Morgan fingerprint density at radius 3 is 2.81 bits per heavy atom. The molecule has 2 aromatic carbocycles. The molecule has 2 N–H and O–H groups in total. The number of aromatic nitrogens is 1. The molecule has 27 heavy (non-hydrogen) atoms. The van der Waals surface area contributed by atoms with Crippen molar-refractivity contribution in [2.75, 3.05) is 13.2 Å². The molecular weight excluding hydrogens is 340 g/mol. The molecule has 1 aromatic heterocycles. The number of carbonyl (C=O) groups is 1. The molecule has 1 heterocycles. The molecule has 3 rings (SSSR count). The van der Waals surface area contributed by atoms with Crippen molar-refractivity contribution in [3.63, 3.8) is 0 Å². The van der Waals surface area contributed by atoms with E-state index in [9.17, 15) is 4.79 Å². The van der Waals surface area contributed by atoms with Crippen molar-refractivity contribution in [3.05, 3.63) is 65.9 Å². The highest BCUT2D eigenvalue weighted by Crippen LogP contribution is 2.24. The van der Waals surface area contributed by atoms with Crippen LogP contribution in [-0.2, 0) is 17.8 Å². The lowest BCUT2D eigenvalue weighted by Crippen LogP contribution is -2.26. The van der Waals surface area contributed by atoms with E-state index < -0.39 is 0 Å². The molecule has 5 nitrogen and oxygen atoms in total. The minimum atomic E-state index is -0.347. The van der Waals surface area contributed by atoms with Gasteiger partial charge < -0.3 is 19.8 Å². The first-order chi connectivity index (χ1) is 13.3. The van der Waals surface area contributed by atoms with Crippen molar-refractivity contribution in [2.24, 2.45) is 0 Å². The van der Waals surface area contributed by atoms with Crippen LogP contribution in [0.4, 0.5) is 4.79 Å². The van der Waals surface area contributed by atoms with Crippen LogP contribution in [0.5, 0.6) is 5.75 Å². The molecule has 0 aliphatic rings. The van der Waals surface area contributed by atoms with E-state index in [0.717, 1.165) is 47.0 Å². The maximum atomic E-state index is 11.6. The predicted molar refractivity (Wildman–Crippen MR) is 107 cm³/mol. The summed E-state index contributed by atoms with van der Waals surface area (Å²) in [6.45, 7) is 3.63. The van der Waals surface area contributed by atoms with Crippen LogP contribution < -0.4 is 10.1 Å². The normalized spacial score (nSPS) is 10.7. The number of unbranched alkanes of at least 4 members (excludes halogenated alkanes) is 1. The summed E-state index contributed by atoms with van der Waals surface area (Å²) < 4.78 is 11.0. The van der Waals surface area contributed by atoms with E-state index >= 15 is 0 Å². The maximum Gasteiger partial charge on any atom is 0.407 e. The largest absolute Gasteiger partial charge is 0.489 e. The highest BCUT2D eigenvalue weighted by molar-refractivity contribution is 5.84. The Morgan fingerprint density at radius 2 is 2.00 bits per heavy atom. The molecule has 0 atom stereocenters. The van der Waals surface area contributed by atoms with Crippen molar-refractivity contribution < 1.29 is 14.3 Å². The van der Waals surface area contributed by atoms with Gasteiger partial charge in [-0.05, 0) is 36.1 Å². The van der Waals surface area contributed by atoms with Crippen molar-refractivity contribution >= 4 is 17.0 Å². The second kappa shape index (κ2) is 9.67. The summed E-state index contributed by atoms with van der Waals surface area (Å²) in [5.74, 6) is 0.831. The van der Waals surface area contributed by atoms with Crippen LogP contribution in [0, 0.1) is 0 Å². The Labute approximate surface area is 159 Å². The Hall–Kier alpha value is -2.95. The SMILES string of the molecule is CCCCOC(=O)NCCc1c[nH]c2cc(OCc3ccccc3)ccc12. The zero-order valence-corrected chi connectivity index (χ0v) is 15.7. The highest BCUT2D eigenvalue weighted by atomic mass is 16.5. The number of amides is 1. The van der Waals surface area contributed by atoms with E-state index in [1.165, 1.54) is 0 Å². The molecule has 0 unspecified atom stereocenters. The Bertz CT molecular complexity index is 858. The number of alkyl carbamates (subject to hydrolysis) is 1. The monoisotopic (exact) mass is 366 g/mol. The van der Waals surface area contributed by atoms with Gasteiger partial charge in [-0.3, -0.25) is 0 Å². The molecular formula is C22H26N2O3. The maximum absolute atomic E-state index is 11.6. The van der Waals surface area contributed by atoms with Gasteiger partial charge in [0.1, 0.15) is 12.4 Å². The number of rotatable bonds is 9. The molecule has 0 aliphatic carbocycles. The van der Waals surface area contributed by atoms with Gasteiger partial charge in [0.05, 0.1) is 6.61 Å². The van der Waals surface area contributed by atoms with Gasteiger partial charge in [0, 0.05) is 29.7 Å². The molecule has 0 saturated carbocycles. The van der Waals surface area contributed by atoms with E-state index in [2.05, 4.69) is 23.3 Å². The summed E-state index contributed by atoms with van der Waals surface area (Å²) in [4.78, 5) is 14.9. The van der Waals surface area contributed by atoms with Crippen LogP contribution in [0.2, 0.25) is 0 Å². The second-order valence-corrected chi connectivity index (χ2v) is 6.46. The van der Waals surface area contributed by atoms with Crippen molar-refractivity contribution in [2.45, 2.75) is 32.8 Å². The third-order valence-electron chi connectivity index (χ3n) is 4.38. The van der Waals surface area contributed by atoms with Gasteiger partial charge in [0.2, 0.25) is 0 Å². The van der Waals surface area contributed by atoms with Crippen LogP contribution in [-0.4, -0.2) is 24.2 Å². The average molecular weight is 366 g/mol. The molecule has 1 amide bonds. The summed E-state index contributed by atoms with van der Waals surface area (Å²) >= 11 is 0. The quantitative estimate of drug-likeness (QED) is 0.534. The average Bonchev–Trinajstić information content (AvgIpc) is 3.10. The van der Waals surface area contributed by atoms with Gasteiger partial charge in [-0.15, -0.1) is 0 Å². The first-order valence-corrected chi connectivity index (χ1v) is 9.43. The van der Waals surface area contributed by atoms with Crippen LogP contribution in [0.3, 0.4) is 0 Å². The lowest BCUT2D eigenvalue weighted by Gasteiger charge is -2.07. The van der Waals surface area contributed by atoms with Gasteiger partial charge in [-0.25, -0.2) is 4.79 Å². The van der Waals surface area contributed by atoms with E-state index in [1.54, 1.807) is 0 Å². The summed E-state index contributed by atoms with van der Waals surface area (Å²) in [5, 5.41) is 3.94. The van der Waals surface area contributed by atoms with E-state index in [4.69, 9.17) is 9.47 Å². The summed E-state index contributed by atoms with van der Waals surface area (Å²) in [6, 6.07) is 16.1. The van der Waals surface area contributed by atoms with E-state index in [0.29, 0.717) is 19.8 Å². The number of benzene rings is 2. The van der Waals surface area contributed by atoms with Crippen molar-refractivity contribution in [1.82, 2.24) is 10.3 Å². The minimum Gasteiger partial charge on any atom is -0.489 e. The van der Waals surface area contributed by atoms with Crippen LogP contribution in [0.15, 0.2) is 54.7 Å². The lowest BCUT2D eigenvalue weighted by molar-refractivity contribution is 0.144. The Balaban J connectivity index is 1.52. The molecule has 142 valence electrons. The lowest BCUT2D eigenvalue weighted by atomic mass is 10.1. The third-order valence-corrected chi connectivity index (χ3v) is 4.38. The second-order valence-electron chi connectivity index (χ2n) is 6.46. The van der Waals surface area contributed by atoms with Crippen molar-refractivity contribution in [1.29, 1.82) is 0 Å². The molecule has 3 aromatic rings. The number of H-pyrrole nitrogens is 1. The van der Waals surface area contributed by atoms with Gasteiger partial charge in [0.15, 0.2) is 0 Å². The first-order valence-electron chi connectivity index (χ1n) is 9.43. The number of fused-ring (bicyclic) bond motifs is 1. The number of ether oxygens (including phenoxy) is 2. The zero-order chi connectivity index (χ0) is 18.9. The molecule has 5 heteroatoms. The predicted octanol–water partition coefficient (Wildman–Crippen LogP) is 4.82. The topological polar surface area (TPSA) is 63.3 Å². The van der Waals surface area contributed by atoms with Gasteiger partial charge in [-0.2, -0.15) is 0 Å². The summed E-state index contributed by atoms with van der Waals surface area (Å²) in [6.07, 6.45) is 4.28. The van der Waals surface area contributed by atoms with Crippen molar-refractivity contribution in [3.8, 4) is 5.75 Å². The van der Waals surface area contributed by atoms with Crippen LogP contribution in [0.25, 0.3) is 10.9 Å². The molecule has 0 bridgehead atoms. The third kappa shape index (κ3) is 5.51. The molecule has 0 fully saturated rings. The summed E-state index contributed by atoms with van der Waals surface area (Å²) in [7, 11) is 0. The molecule has 0 aliphatic heterocycles. The smallest absolute Gasteiger partial charge is 0.407 e. The van der Waals surface area contributed by atoms with E-state index in [1.807, 2.05) is 48.7 Å². The Morgan fingerprint density at radius 1 is 1.15 bits per heavy atom. The number of carbonyl (C=O) groups excluding carboxylic acids is 1. The van der Waals surface area contributed by atoms with Crippen LogP contribution >= 0.6 is 0 Å². The molecule has 0 saturated heterocycles. The van der Waals surface area contributed by atoms with Crippen LogP contribution in [0.1, 0.15) is 30.9 Å². The molecule has 0 radical (unpaired) electrons. The van der Waals surface area contributed by atoms with Gasteiger partial charge in [-0.1, -0.05) is 43.7 Å². The number of hydrogen-bond acceptors (Lipinski definition) is 3. The fourth-order valence-electron chi connectivity index (χ4n) is 2.86. The Kier molecular flexibility index (Phi) is 6.74. The fourth-order valence-corrected chi connectivity index (χ4v) is 2.86. The number of aromatic amines is 1. The number of hydrogen-bond donors (Lipinski definition) is 2. The van der Waals surface area contributed by atoms with E-state index in [-0.39, 0.29) is 6.09 Å². The summed E-state index contributed by atoms with van der Waals surface area (Å²) in [5.41, 5.74) is 3.33. The first kappa shape index (κ1) is 18.8.